The van der Waals surface area contributed by atoms with Crippen LogP contribution in [-0.4, -0.2) is 46.6 Å². The summed E-state index contributed by atoms with van der Waals surface area (Å²) < 4.78 is 30.1. The van der Waals surface area contributed by atoms with Crippen molar-refractivity contribution in [3.05, 3.63) is 12.7 Å². The van der Waals surface area contributed by atoms with E-state index in [0.717, 1.165) is 12.8 Å². The van der Waals surface area contributed by atoms with E-state index < -0.39 is 10.2 Å². The standard InChI is InChI=1S/C11H21N5O2S/c1-9(6-16-8-12-7-13-16)14-19(17,18)15(3)10(2)11-4-5-11/h7-11,14H,4-6H2,1-3H3/t9-,10+/m1/s1. The first-order valence-electron chi connectivity index (χ1n) is 6.48. The van der Waals surface area contributed by atoms with Crippen molar-refractivity contribution in [2.24, 2.45) is 5.92 Å². The summed E-state index contributed by atoms with van der Waals surface area (Å²) in [6, 6.07) is -0.184. The SMILES string of the molecule is C[C@H](Cn1cncn1)NS(=O)(=O)N(C)[C@@H](C)C1CC1. The van der Waals surface area contributed by atoms with E-state index in [4.69, 9.17) is 0 Å². The maximum Gasteiger partial charge on any atom is 0.279 e. The zero-order valence-electron chi connectivity index (χ0n) is 11.5. The van der Waals surface area contributed by atoms with Crippen molar-refractivity contribution >= 4 is 10.2 Å². The molecule has 2 atom stereocenters. The molecule has 108 valence electrons. The van der Waals surface area contributed by atoms with E-state index in [0.29, 0.717) is 12.5 Å². The highest BCUT2D eigenvalue weighted by molar-refractivity contribution is 7.87. The van der Waals surface area contributed by atoms with Crippen molar-refractivity contribution in [3.8, 4) is 0 Å². The molecule has 1 heterocycles. The Bertz CT molecular complexity index is 497. The molecule has 8 heteroatoms. The Morgan fingerprint density at radius 2 is 2.16 bits per heavy atom. The van der Waals surface area contributed by atoms with Gasteiger partial charge in [0.15, 0.2) is 0 Å². The Morgan fingerprint density at radius 3 is 2.68 bits per heavy atom. The van der Waals surface area contributed by atoms with Crippen LogP contribution in [-0.2, 0) is 16.8 Å². The van der Waals surface area contributed by atoms with Crippen LogP contribution in [0.25, 0.3) is 0 Å². The highest BCUT2D eigenvalue weighted by Crippen LogP contribution is 2.35. The normalized spacial score (nSPS) is 19.6. The number of rotatable bonds is 7. The van der Waals surface area contributed by atoms with Gasteiger partial charge in [-0.1, -0.05) is 0 Å². The summed E-state index contributed by atoms with van der Waals surface area (Å²) in [6.45, 7) is 4.23. The zero-order valence-corrected chi connectivity index (χ0v) is 12.3. The smallest absolute Gasteiger partial charge is 0.251 e. The predicted octanol–water partition coefficient (Wildman–Crippen LogP) is 0.231. The minimum absolute atomic E-state index is 0.0519. The fraction of sp³-hybridized carbons (Fsp3) is 0.818. The minimum Gasteiger partial charge on any atom is -0.251 e. The van der Waals surface area contributed by atoms with E-state index in [-0.39, 0.29) is 12.1 Å². The molecule has 0 bridgehead atoms. The van der Waals surface area contributed by atoms with Gasteiger partial charge in [-0.2, -0.15) is 22.5 Å². The third-order valence-electron chi connectivity index (χ3n) is 3.53. The average molecular weight is 287 g/mol. The van der Waals surface area contributed by atoms with Gasteiger partial charge in [0.1, 0.15) is 12.7 Å². The van der Waals surface area contributed by atoms with Crippen molar-refractivity contribution in [1.29, 1.82) is 0 Å². The Kier molecular flexibility index (Phi) is 4.22. The summed E-state index contributed by atoms with van der Waals surface area (Å²) >= 11 is 0. The first-order chi connectivity index (χ1) is 8.90. The predicted molar refractivity (Wildman–Crippen MR) is 71.5 cm³/mol. The van der Waals surface area contributed by atoms with Crippen molar-refractivity contribution in [2.45, 2.75) is 45.3 Å². The van der Waals surface area contributed by atoms with Gasteiger partial charge in [0.25, 0.3) is 10.2 Å². The first-order valence-corrected chi connectivity index (χ1v) is 7.92. The monoisotopic (exact) mass is 287 g/mol. The van der Waals surface area contributed by atoms with Crippen LogP contribution >= 0.6 is 0 Å². The van der Waals surface area contributed by atoms with Crippen molar-refractivity contribution in [3.63, 3.8) is 0 Å². The molecule has 7 nitrogen and oxygen atoms in total. The van der Waals surface area contributed by atoms with Crippen LogP contribution < -0.4 is 4.72 Å². The van der Waals surface area contributed by atoms with E-state index >= 15 is 0 Å². The van der Waals surface area contributed by atoms with Crippen LogP contribution in [0.5, 0.6) is 0 Å². The second kappa shape index (κ2) is 5.56. The first kappa shape index (κ1) is 14.4. The Labute approximate surface area is 114 Å². The molecule has 1 saturated carbocycles. The molecule has 0 unspecified atom stereocenters. The van der Waals surface area contributed by atoms with Crippen molar-refractivity contribution < 1.29 is 8.42 Å². The summed E-state index contributed by atoms with van der Waals surface area (Å²) in [4.78, 5) is 3.83. The van der Waals surface area contributed by atoms with Crippen LogP contribution in [0.15, 0.2) is 12.7 Å². The second-order valence-corrected chi connectivity index (χ2v) is 7.00. The van der Waals surface area contributed by atoms with E-state index in [1.54, 1.807) is 18.1 Å². The van der Waals surface area contributed by atoms with Gasteiger partial charge in [-0.3, -0.25) is 4.68 Å². The van der Waals surface area contributed by atoms with E-state index in [1.807, 2.05) is 13.8 Å². The number of hydrogen-bond acceptors (Lipinski definition) is 4. The van der Waals surface area contributed by atoms with Gasteiger partial charge in [-0.05, 0) is 32.6 Å². The van der Waals surface area contributed by atoms with Gasteiger partial charge < -0.3 is 0 Å². The lowest BCUT2D eigenvalue weighted by Crippen LogP contribution is -2.47. The topological polar surface area (TPSA) is 80.1 Å². The molecule has 0 saturated heterocycles. The third kappa shape index (κ3) is 3.74. The summed E-state index contributed by atoms with van der Waals surface area (Å²) in [6.07, 6.45) is 5.24. The Morgan fingerprint density at radius 1 is 1.47 bits per heavy atom. The molecular weight excluding hydrogens is 266 g/mol. The lowest BCUT2D eigenvalue weighted by Gasteiger charge is -2.26. The highest BCUT2D eigenvalue weighted by Gasteiger charge is 2.35. The van der Waals surface area contributed by atoms with Gasteiger partial charge in [-0.25, -0.2) is 4.98 Å². The molecule has 0 radical (unpaired) electrons. The molecule has 19 heavy (non-hydrogen) atoms. The number of hydrogen-bond donors (Lipinski definition) is 1. The molecule has 0 spiro atoms. The van der Waals surface area contributed by atoms with Gasteiger partial charge in [-0.15, -0.1) is 0 Å². The summed E-state index contributed by atoms with van der Waals surface area (Å²) in [7, 11) is -1.81. The minimum atomic E-state index is -3.45. The molecule has 1 aliphatic carbocycles. The molecule has 0 aromatic carbocycles. The van der Waals surface area contributed by atoms with Crippen LogP contribution in [0.1, 0.15) is 26.7 Å². The van der Waals surface area contributed by atoms with Gasteiger partial charge in [0, 0.05) is 19.1 Å². The summed E-state index contributed by atoms with van der Waals surface area (Å²) in [5, 5.41) is 3.96. The van der Waals surface area contributed by atoms with Gasteiger partial charge in [0.05, 0.1) is 6.54 Å². The quantitative estimate of drug-likeness (QED) is 0.778. The molecule has 1 N–H and O–H groups in total. The highest BCUT2D eigenvalue weighted by atomic mass is 32.2. The Balaban J connectivity index is 1.92. The summed E-state index contributed by atoms with van der Waals surface area (Å²) in [5.41, 5.74) is 0. The van der Waals surface area contributed by atoms with E-state index in [2.05, 4.69) is 14.8 Å². The number of nitrogens with zero attached hydrogens (tertiary/aromatic N) is 4. The second-order valence-electron chi connectivity index (χ2n) is 5.24. The van der Waals surface area contributed by atoms with Crippen LogP contribution in [0, 0.1) is 5.92 Å². The van der Waals surface area contributed by atoms with Gasteiger partial charge in [0.2, 0.25) is 0 Å². The zero-order chi connectivity index (χ0) is 14.0. The largest absolute Gasteiger partial charge is 0.279 e. The fourth-order valence-electron chi connectivity index (χ4n) is 2.08. The lowest BCUT2D eigenvalue weighted by molar-refractivity contribution is 0.345. The Hall–Kier alpha value is -0.990. The maximum atomic E-state index is 12.2. The molecule has 1 aromatic heterocycles. The molecule has 1 aliphatic rings. The molecule has 2 rings (SSSR count). The number of aromatic nitrogens is 3. The maximum absolute atomic E-state index is 12.2. The third-order valence-corrected chi connectivity index (χ3v) is 5.33. The molecule has 1 aromatic rings. The molecular formula is C11H21N5O2S. The fourth-order valence-corrected chi connectivity index (χ4v) is 3.44. The number of nitrogens with one attached hydrogen (secondary N) is 1. The molecule has 0 amide bonds. The van der Waals surface area contributed by atoms with Gasteiger partial charge >= 0.3 is 0 Å². The van der Waals surface area contributed by atoms with Crippen LogP contribution in [0.2, 0.25) is 0 Å². The van der Waals surface area contributed by atoms with Crippen LogP contribution in [0.3, 0.4) is 0 Å². The van der Waals surface area contributed by atoms with Crippen molar-refractivity contribution in [2.75, 3.05) is 7.05 Å². The average Bonchev–Trinajstić information content (AvgIpc) is 3.06. The van der Waals surface area contributed by atoms with Crippen LogP contribution in [0.4, 0.5) is 0 Å². The molecule has 1 fully saturated rings. The molecule has 0 aliphatic heterocycles. The summed E-state index contributed by atoms with van der Waals surface area (Å²) in [5.74, 6) is 0.507. The van der Waals surface area contributed by atoms with E-state index in [1.165, 1.54) is 10.6 Å². The lowest BCUT2D eigenvalue weighted by atomic mass is 10.2. The van der Waals surface area contributed by atoms with Crippen molar-refractivity contribution in [1.82, 2.24) is 23.8 Å². The van der Waals surface area contributed by atoms with E-state index in [9.17, 15) is 8.42 Å².